The van der Waals surface area contributed by atoms with Gasteiger partial charge in [-0.25, -0.2) is 4.39 Å². The van der Waals surface area contributed by atoms with Crippen LogP contribution in [0.25, 0.3) is 0 Å². The van der Waals surface area contributed by atoms with Crippen molar-refractivity contribution >= 4 is 11.6 Å². The highest BCUT2D eigenvalue weighted by molar-refractivity contribution is 6.06. The zero-order valence-electron chi connectivity index (χ0n) is 24.4. The first-order valence-corrected chi connectivity index (χ1v) is 14.7. The molecule has 1 amide bonds. The largest absolute Gasteiger partial charge is 0.375 e. The van der Waals surface area contributed by atoms with E-state index < -0.39 is 5.41 Å². The second kappa shape index (κ2) is 14.0. The average molecular weight is 566 g/mol. The van der Waals surface area contributed by atoms with Gasteiger partial charge in [-0.05, 0) is 53.4 Å². The van der Waals surface area contributed by atoms with Crippen molar-refractivity contribution < 1.29 is 23.4 Å². The first-order chi connectivity index (χ1) is 20.1. The fourth-order valence-corrected chi connectivity index (χ4v) is 6.06. The Bertz CT molecular complexity index is 1260. The summed E-state index contributed by atoms with van der Waals surface area (Å²) in [6, 6.07) is 21.3. The van der Waals surface area contributed by atoms with Crippen molar-refractivity contribution in [3.8, 4) is 5.75 Å². The minimum absolute atomic E-state index is 0.00963. The number of rotatable bonds is 6. The summed E-state index contributed by atoms with van der Waals surface area (Å²) >= 11 is 0. The van der Waals surface area contributed by atoms with Crippen molar-refractivity contribution in [1.29, 1.82) is 0 Å². The molecule has 1 N–H and O–H groups in total. The smallest absolute Gasteiger partial charge is 0.237 e. The summed E-state index contributed by atoms with van der Waals surface area (Å²) in [7, 11) is 0. The summed E-state index contributed by atoms with van der Waals surface area (Å²) in [5, 5.41) is 3.02. The molecule has 6 nitrogen and oxygen atoms in total. The van der Waals surface area contributed by atoms with Crippen LogP contribution in [0, 0.1) is 5.82 Å². The first kappa shape index (κ1) is 30.6. The second-order valence-electron chi connectivity index (χ2n) is 10.2. The number of anilines is 1. The average Bonchev–Trinajstić information content (AvgIpc) is 3.58. The zero-order chi connectivity index (χ0) is 29.4. The maximum atomic E-state index is 13.6. The van der Waals surface area contributed by atoms with E-state index in [9.17, 15) is 13.7 Å². The molecule has 3 aromatic rings. The summed E-state index contributed by atoms with van der Waals surface area (Å²) in [5.41, 5.74) is 3.32. The quantitative estimate of drug-likeness (QED) is 0.369. The Balaban J connectivity index is 0.000000929. The molecule has 0 bridgehead atoms. The third kappa shape index (κ3) is 6.45. The van der Waals surface area contributed by atoms with Crippen LogP contribution in [0.3, 0.4) is 0 Å². The summed E-state index contributed by atoms with van der Waals surface area (Å²) < 4.78 is 32.4. The lowest BCUT2D eigenvalue weighted by molar-refractivity contribution is -0.120. The third-order valence-electron chi connectivity index (χ3n) is 7.97. The van der Waals surface area contributed by atoms with Crippen molar-refractivity contribution in [2.24, 2.45) is 0 Å². The monoisotopic (exact) mass is 565 g/mol. The summed E-state index contributed by atoms with van der Waals surface area (Å²) in [5.74, 6) is -0.0898. The van der Waals surface area contributed by atoms with Gasteiger partial charge in [-0.2, -0.15) is 0 Å². The van der Waals surface area contributed by atoms with Gasteiger partial charge < -0.3 is 10.1 Å². The highest BCUT2D eigenvalue weighted by atomic mass is 19.3. The number of benzene rings is 3. The molecule has 3 atom stereocenters. The van der Waals surface area contributed by atoms with E-state index in [0.717, 1.165) is 55.1 Å². The van der Waals surface area contributed by atoms with Crippen LogP contribution in [0.1, 0.15) is 56.8 Å². The van der Waals surface area contributed by atoms with Crippen LogP contribution in [0.4, 0.5) is 14.6 Å². The van der Waals surface area contributed by atoms with Gasteiger partial charge in [0.1, 0.15) is 11.2 Å². The van der Waals surface area contributed by atoms with Crippen molar-refractivity contribution in [1.82, 2.24) is 9.80 Å². The summed E-state index contributed by atoms with van der Waals surface area (Å²) in [4.78, 5) is 21.5. The van der Waals surface area contributed by atoms with Crippen LogP contribution in [0.5, 0.6) is 5.75 Å². The molecular formula is C33H41F2N3O3. The molecule has 41 heavy (non-hydrogen) atoms. The molecule has 1 spiro atoms. The van der Waals surface area contributed by atoms with Crippen LogP contribution < -0.4 is 10.3 Å². The van der Waals surface area contributed by atoms with Gasteiger partial charge in [0.25, 0.3) is 0 Å². The fraction of sp³-hybridized carbons (Fsp3) is 0.424. The van der Waals surface area contributed by atoms with Gasteiger partial charge in [0.05, 0.1) is 18.8 Å². The molecule has 3 heterocycles. The molecule has 2 fully saturated rings. The number of nitrogens with one attached hydrogen (secondary N) is 1. The van der Waals surface area contributed by atoms with Gasteiger partial charge in [-0.3, -0.25) is 19.5 Å². The molecule has 2 saturated heterocycles. The van der Waals surface area contributed by atoms with Crippen LogP contribution in [0.2, 0.25) is 0 Å². The van der Waals surface area contributed by atoms with E-state index in [0.29, 0.717) is 13.0 Å². The molecule has 3 aliphatic rings. The molecule has 3 aromatic carbocycles. The predicted octanol–water partition coefficient (Wildman–Crippen LogP) is 6.53. The van der Waals surface area contributed by atoms with E-state index in [4.69, 9.17) is 4.74 Å². The Morgan fingerprint density at radius 2 is 1.54 bits per heavy atom. The van der Waals surface area contributed by atoms with Crippen LogP contribution in [-0.4, -0.2) is 61.1 Å². The number of para-hydroxylation sites is 1. The molecule has 3 aliphatic heterocycles. The number of hydrogen-bond donors (Lipinski definition) is 1. The van der Waals surface area contributed by atoms with Crippen molar-refractivity contribution in [3.63, 3.8) is 0 Å². The van der Waals surface area contributed by atoms with Gasteiger partial charge in [0.2, 0.25) is 5.91 Å². The van der Waals surface area contributed by atoms with Crippen molar-refractivity contribution in [2.75, 3.05) is 44.6 Å². The molecule has 0 aromatic heterocycles. The number of hydrogen-bond acceptors (Lipinski definition) is 5. The lowest BCUT2D eigenvalue weighted by Crippen LogP contribution is -2.49. The van der Waals surface area contributed by atoms with Gasteiger partial charge >= 0.3 is 0 Å². The van der Waals surface area contributed by atoms with Gasteiger partial charge in [-0.15, -0.1) is 0 Å². The molecule has 0 aliphatic carbocycles. The zero-order valence-corrected chi connectivity index (χ0v) is 24.4. The Morgan fingerprint density at radius 3 is 2.17 bits per heavy atom. The van der Waals surface area contributed by atoms with E-state index >= 15 is 0 Å². The van der Waals surface area contributed by atoms with Crippen LogP contribution >= 0.6 is 0 Å². The lowest BCUT2D eigenvalue weighted by Gasteiger charge is -2.40. The minimum Gasteiger partial charge on any atom is -0.375 e. The van der Waals surface area contributed by atoms with Gasteiger partial charge in [-0.1, -0.05) is 70.2 Å². The Kier molecular flexibility index (Phi) is 10.5. The van der Waals surface area contributed by atoms with E-state index in [2.05, 4.69) is 20.1 Å². The summed E-state index contributed by atoms with van der Waals surface area (Å²) in [6.45, 7) is 12.5. The Morgan fingerprint density at radius 1 is 0.927 bits per heavy atom. The van der Waals surface area contributed by atoms with Gasteiger partial charge in [0, 0.05) is 42.9 Å². The normalized spacial score (nSPS) is 22.6. The van der Waals surface area contributed by atoms with E-state index in [-0.39, 0.29) is 29.6 Å². The van der Waals surface area contributed by atoms with Crippen molar-refractivity contribution in [2.45, 2.75) is 51.7 Å². The number of piperazine rings is 1. The van der Waals surface area contributed by atoms with E-state index in [1.54, 1.807) is 12.1 Å². The molecule has 220 valence electrons. The number of halogens is 2. The number of carbonyl (C=O) groups excluding carboxylic acids is 1. The molecule has 0 radical (unpaired) electrons. The molecule has 3 unspecified atom stereocenters. The maximum Gasteiger partial charge on any atom is 0.237 e. The molecule has 6 rings (SSSR count). The SMILES string of the molecule is CC.CC.O=C1Nc2ccccc2C12COC(CN1CCN(C(c3ccc(F)cc3)c3ccc(OF)cc3)CC1)C2. The second-order valence-corrected chi connectivity index (χ2v) is 10.2. The number of carbonyl (C=O) groups is 1. The van der Waals surface area contributed by atoms with Crippen molar-refractivity contribution in [3.05, 3.63) is 95.3 Å². The topological polar surface area (TPSA) is 54.0 Å². The summed E-state index contributed by atoms with van der Waals surface area (Å²) in [6.07, 6.45) is 0.668. The number of ether oxygens (including phenoxy) is 1. The molecular weight excluding hydrogens is 524 g/mol. The minimum atomic E-state index is -0.591. The number of nitrogens with zero attached hydrogens (tertiary/aromatic N) is 2. The highest BCUT2D eigenvalue weighted by Crippen LogP contribution is 2.45. The maximum absolute atomic E-state index is 13.6. The predicted molar refractivity (Wildman–Crippen MR) is 158 cm³/mol. The highest BCUT2D eigenvalue weighted by Gasteiger charge is 2.52. The Hall–Kier alpha value is -3.33. The third-order valence-corrected chi connectivity index (χ3v) is 7.97. The molecule has 0 saturated carbocycles. The number of amides is 1. The Labute approximate surface area is 242 Å². The van der Waals surface area contributed by atoms with Crippen LogP contribution in [0.15, 0.2) is 72.8 Å². The lowest BCUT2D eigenvalue weighted by atomic mass is 9.79. The standard InChI is InChI=1S/C29H29F2N3O3.2C2H6/c30-22-9-5-20(6-10-22)27(21-7-11-23(37-31)12-8-21)34-15-13-33(14-16-34)18-24-17-29(19-36-24)25-3-1-2-4-26(25)32-28(29)35;2*1-2/h1-12,24,27H,13-19H2,(H,32,35);2*1-2H3. The van der Waals surface area contributed by atoms with E-state index in [1.165, 1.54) is 12.1 Å². The fourth-order valence-electron chi connectivity index (χ4n) is 6.06. The first-order valence-electron chi connectivity index (χ1n) is 14.7. The van der Waals surface area contributed by atoms with Gasteiger partial charge in [0.15, 0.2) is 5.75 Å². The number of fused-ring (bicyclic) bond motifs is 2. The molecule has 8 heteroatoms. The van der Waals surface area contributed by atoms with Crippen LogP contribution in [-0.2, 0) is 14.9 Å². The van der Waals surface area contributed by atoms with E-state index in [1.807, 2.05) is 76.2 Å².